The van der Waals surface area contributed by atoms with Crippen molar-refractivity contribution in [2.75, 3.05) is 52.5 Å². The first-order valence-corrected chi connectivity index (χ1v) is 10.3. The molecule has 1 aliphatic heterocycles. The van der Waals surface area contributed by atoms with E-state index in [0.29, 0.717) is 12.0 Å². The van der Waals surface area contributed by atoms with E-state index in [1.54, 1.807) is 0 Å². The molecule has 0 aromatic rings. The maximum atomic E-state index is 10.4. The zero-order valence-corrected chi connectivity index (χ0v) is 15.5. The fourth-order valence-corrected chi connectivity index (χ4v) is 6.52. The molecule has 1 heterocycles. The normalized spacial score (nSPS) is 41.0. The van der Waals surface area contributed by atoms with Gasteiger partial charge in [-0.25, -0.2) is 0 Å². The van der Waals surface area contributed by atoms with Crippen LogP contribution in [-0.2, 0) is 4.74 Å². The van der Waals surface area contributed by atoms with Gasteiger partial charge in [-0.2, -0.15) is 0 Å². The molecule has 5 aliphatic rings. The van der Waals surface area contributed by atoms with Gasteiger partial charge in [0.25, 0.3) is 0 Å². The maximum Gasteiger partial charge on any atom is 0.0900 e. The molecule has 1 unspecified atom stereocenters. The molecule has 4 heteroatoms. The number of β-amino-alcohol motifs (C(OH)–C–C–N with tert-alkyl or cyclic N) is 1. The first kappa shape index (κ1) is 17.3. The Balaban J connectivity index is 1.18. The van der Waals surface area contributed by atoms with Crippen molar-refractivity contribution in [1.82, 2.24) is 9.80 Å². The van der Waals surface area contributed by atoms with E-state index in [2.05, 4.69) is 16.7 Å². The minimum atomic E-state index is -0.327. The summed E-state index contributed by atoms with van der Waals surface area (Å²) in [6.07, 6.45) is 8.34. The molecule has 0 amide bonds. The highest BCUT2D eigenvalue weighted by Crippen LogP contribution is 2.60. The lowest BCUT2D eigenvalue weighted by molar-refractivity contribution is -0.107. The van der Waals surface area contributed by atoms with E-state index < -0.39 is 0 Å². The summed E-state index contributed by atoms with van der Waals surface area (Å²) < 4.78 is 6.08. The second kappa shape index (κ2) is 7.22. The number of rotatable bonds is 7. The molecule has 0 aromatic carbocycles. The van der Waals surface area contributed by atoms with Crippen LogP contribution in [-0.4, -0.2) is 73.5 Å². The lowest BCUT2D eigenvalue weighted by atomic mass is 9.50. The van der Waals surface area contributed by atoms with Crippen LogP contribution in [0.3, 0.4) is 0 Å². The molecule has 1 N–H and O–H groups in total. The van der Waals surface area contributed by atoms with Crippen molar-refractivity contribution in [3.8, 4) is 0 Å². The molecular weight excluding hydrogens is 300 g/mol. The standard InChI is InChI=1S/C20H36N2O2/c1-2-21-3-5-22(6-4-21)13-19(23)14-24-15-20-10-16-7-17(11-20)9-18(8-16)12-20/h16-19,23H,2-15H2,1H3. The van der Waals surface area contributed by atoms with Crippen LogP contribution in [0.2, 0.25) is 0 Å². The number of aliphatic hydroxyl groups is 1. The van der Waals surface area contributed by atoms with Crippen LogP contribution in [0.25, 0.3) is 0 Å². The Hall–Kier alpha value is -0.160. The molecule has 5 fully saturated rings. The first-order valence-electron chi connectivity index (χ1n) is 10.3. The number of likely N-dealkylation sites (N-methyl/N-ethyl adjacent to an activating group) is 1. The third-order valence-electron chi connectivity index (χ3n) is 7.26. The summed E-state index contributed by atoms with van der Waals surface area (Å²) in [5.74, 6) is 2.96. The molecule has 1 atom stereocenters. The Morgan fingerprint density at radius 1 is 0.958 bits per heavy atom. The predicted molar refractivity (Wildman–Crippen MR) is 96.0 cm³/mol. The van der Waals surface area contributed by atoms with Gasteiger partial charge in [0.1, 0.15) is 0 Å². The van der Waals surface area contributed by atoms with Gasteiger partial charge in [0.2, 0.25) is 0 Å². The molecule has 5 rings (SSSR count). The fraction of sp³-hybridized carbons (Fsp3) is 1.00. The summed E-state index contributed by atoms with van der Waals surface area (Å²) in [6, 6.07) is 0. The van der Waals surface area contributed by atoms with Gasteiger partial charge in [-0.15, -0.1) is 0 Å². The molecule has 4 nitrogen and oxygen atoms in total. The molecule has 138 valence electrons. The van der Waals surface area contributed by atoms with Crippen LogP contribution in [0, 0.1) is 23.2 Å². The fourth-order valence-electron chi connectivity index (χ4n) is 6.52. The van der Waals surface area contributed by atoms with E-state index in [9.17, 15) is 5.11 Å². The molecule has 1 saturated heterocycles. The largest absolute Gasteiger partial charge is 0.389 e. The van der Waals surface area contributed by atoms with E-state index >= 15 is 0 Å². The van der Waals surface area contributed by atoms with E-state index in [0.717, 1.165) is 63.6 Å². The van der Waals surface area contributed by atoms with Crippen LogP contribution >= 0.6 is 0 Å². The summed E-state index contributed by atoms with van der Waals surface area (Å²) >= 11 is 0. The van der Waals surface area contributed by atoms with Crippen LogP contribution in [0.4, 0.5) is 0 Å². The molecule has 0 aromatic heterocycles. The Labute approximate surface area is 147 Å². The quantitative estimate of drug-likeness (QED) is 0.773. The Morgan fingerprint density at radius 3 is 2.04 bits per heavy atom. The Kier molecular flexibility index (Phi) is 5.19. The summed E-state index contributed by atoms with van der Waals surface area (Å²) in [7, 11) is 0. The number of hydrogen-bond acceptors (Lipinski definition) is 4. The maximum absolute atomic E-state index is 10.4. The molecular formula is C20H36N2O2. The van der Waals surface area contributed by atoms with Crippen molar-refractivity contribution < 1.29 is 9.84 Å². The Morgan fingerprint density at radius 2 is 1.50 bits per heavy atom. The lowest BCUT2D eigenvalue weighted by Gasteiger charge is -2.56. The summed E-state index contributed by atoms with van der Waals surface area (Å²) in [5.41, 5.74) is 0.473. The molecule has 24 heavy (non-hydrogen) atoms. The molecule has 4 saturated carbocycles. The van der Waals surface area contributed by atoms with E-state index in [-0.39, 0.29) is 6.10 Å². The van der Waals surface area contributed by atoms with Gasteiger partial charge in [0, 0.05) is 32.7 Å². The van der Waals surface area contributed by atoms with Crippen molar-refractivity contribution in [2.45, 2.75) is 51.6 Å². The second-order valence-electron chi connectivity index (χ2n) is 9.32. The van der Waals surface area contributed by atoms with Crippen LogP contribution in [0.5, 0.6) is 0 Å². The number of piperazine rings is 1. The minimum Gasteiger partial charge on any atom is -0.389 e. The van der Waals surface area contributed by atoms with Gasteiger partial charge >= 0.3 is 0 Å². The predicted octanol–water partition coefficient (Wildman–Crippen LogP) is 2.22. The smallest absolute Gasteiger partial charge is 0.0900 e. The molecule has 0 spiro atoms. The van der Waals surface area contributed by atoms with Crippen LogP contribution < -0.4 is 0 Å². The molecule has 0 radical (unpaired) electrons. The van der Waals surface area contributed by atoms with E-state index in [1.807, 2.05) is 0 Å². The highest BCUT2D eigenvalue weighted by Gasteiger charge is 2.50. The first-order chi connectivity index (χ1) is 11.6. The second-order valence-corrected chi connectivity index (χ2v) is 9.32. The van der Waals surface area contributed by atoms with Crippen LogP contribution in [0.1, 0.15) is 45.4 Å². The van der Waals surface area contributed by atoms with E-state index in [4.69, 9.17) is 4.74 Å². The van der Waals surface area contributed by atoms with Crippen molar-refractivity contribution >= 4 is 0 Å². The van der Waals surface area contributed by atoms with Crippen molar-refractivity contribution in [3.05, 3.63) is 0 Å². The highest BCUT2D eigenvalue weighted by molar-refractivity contribution is 5.01. The van der Waals surface area contributed by atoms with Gasteiger partial charge in [0.05, 0.1) is 19.3 Å². The zero-order chi connectivity index (χ0) is 16.6. The van der Waals surface area contributed by atoms with Gasteiger partial charge < -0.3 is 14.7 Å². The average Bonchev–Trinajstić information content (AvgIpc) is 2.54. The van der Waals surface area contributed by atoms with E-state index in [1.165, 1.54) is 38.5 Å². The third-order valence-corrected chi connectivity index (χ3v) is 7.26. The monoisotopic (exact) mass is 336 g/mol. The number of hydrogen-bond donors (Lipinski definition) is 1. The number of aliphatic hydroxyl groups excluding tert-OH is 1. The van der Waals surface area contributed by atoms with Gasteiger partial charge in [-0.05, 0) is 68.2 Å². The highest BCUT2D eigenvalue weighted by atomic mass is 16.5. The van der Waals surface area contributed by atoms with Crippen molar-refractivity contribution in [2.24, 2.45) is 23.2 Å². The van der Waals surface area contributed by atoms with Crippen LogP contribution in [0.15, 0.2) is 0 Å². The molecule has 4 bridgehead atoms. The minimum absolute atomic E-state index is 0.327. The SMILES string of the molecule is CCN1CCN(CC(O)COCC23CC4CC(CC(C4)C2)C3)CC1. The van der Waals surface area contributed by atoms with Crippen molar-refractivity contribution in [3.63, 3.8) is 0 Å². The lowest BCUT2D eigenvalue weighted by Crippen LogP contribution is -2.49. The number of ether oxygens (including phenoxy) is 1. The zero-order valence-electron chi connectivity index (χ0n) is 15.5. The van der Waals surface area contributed by atoms with Gasteiger partial charge in [0.15, 0.2) is 0 Å². The topological polar surface area (TPSA) is 35.9 Å². The summed E-state index contributed by atoms with van der Waals surface area (Å²) in [5, 5.41) is 10.4. The summed E-state index contributed by atoms with van der Waals surface area (Å²) in [6.45, 7) is 10.0. The van der Waals surface area contributed by atoms with Crippen molar-refractivity contribution in [1.29, 1.82) is 0 Å². The third kappa shape index (κ3) is 3.82. The Bertz CT molecular complexity index is 385. The van der Waals surface area contributed by atoms with Gasteiger partial charge in [-0.3, -0.25) is 4.90 Å². The van der Waals surface area contributed by atoms with Gasteiger partial charge in [-0.1, -0.05) is 6.92 Å². The number of nitrogens with zero attached hydrogens (tertiary/aromatic N) is 2. The molecule has 4 aliphatic carbocycles. The average molecular weight is 337 g/mol. The summed E-state index contributed by atoms with van der Waals surface area (Å²) in [4.78, 5) is 4.87.